The van der Waals surface area contributed by atoms with Crippen molar-refractivity contribution in [1.29, 1.82) is 5.26 Å². The second-order valence-electron chi connectivity index (χ2n) is 4.72. The molecule has 7 heteroatoms. The molecule has 1 aliphatic rings. The normalized spacial score (nSPS) is 21.5. The Balaban J connectivity index is 2.79. The highest BCUT2D eigenvalue weighted by Crippen LogP contribution is 2.15. The standard InChI is InChI=1S/C12H23N3O3S/c1-3-12(9-13)19(16,17)15(7-8-18-2)10-11-5-4-6-14-11/h11-12,14H,3-8,10H2,1-2H3. The highest BCUT2D eigenvalue weighted by Gasteiger charge is 2.32. The molecule has 1 aliphatic heterocycles. The maximum Gasteiger partial charge on any atom is 0.230 e. The van der Waals surface area contributed by atoms with Gasteiger partial charge in [-0.05, 0) is 25.8 Å². The third kappa shape index (κ3) is 4.42. The van der Waals surface area contributed by atoms with Gasteiger partial charge in [-0.25, -0.2) is 8.42 Å². The Morgan fingerprint density at radius 3 is 2.79 bits per heavy atom. The Bertz CT molecular complexity index is 399. The van der Waals surface area contributed by atoms with Gasteiger partial charge in [-0.1, -0.05) is 6.92 Å². The molecule has 0 radical (unpaired) electrons. The molecule has 0 amide bonds. The van der Waals surface area contributed by atoms with E-state index in [0.29, 0.717) is 26.1 Å². The number of nitrogens with one attached hydrogen (secondary N) is 1. The first kappa shape index (κ1) is 16.4. The molecule has 1 N–H and O–H groups in total. The molecule has 0 aromatic rings. The van der Waals surface area contributed by atoms with Crippen LogP contribution in [0.3, 0.4) is 0 Å². The average molecular weight is 289 g/mol. The molecule has 1 rings (SSSR count). The van der Waals surface area contributed by atoms with Gasteiger partial charge in [-0.3, -0.25) is 0 Å². The quantitative estimate of drug-likeness (QED) is 0.696. The van der Waals surface area contributed by atoms with Crippen LogP contribution in [-0.4, -0.2) is 57.4 Å². The number of nitriles is 1. The summed E-state index contributed by atoms with van der Waals surface area (Å²) in [4.78, 5) is 0. The molecule has 1 saturated heterocycles. The van der Waals surface area contributed by atoms with Crippen molar-refractivity contribution in [2.75, 3.05) is 33.4 Å². The molecule has 0 bridgehead atoms. The maximum absolute atomic E-state index is 12.4. The first-order chi connectivity index (χ1) is 9.06. The summed E-state index contributed by atoms with van der Waals surface area (Å²) in [7, 11) is -2.03. The van der Waals surface area contributed by atoms with Crippen molar-refractivity contribution in [2.45, 2.75) is 37.5 Å². The lowest BCUT2D eigenvalue weighted by molar-refractivity contribution is 0.176. The molecule has 19 heavy (non-hydrogen) atoms. The fourth-order valence-corrected chi connectivity index (χ4v) is 3.85. The van der Waals surface area contributed by atoms with Crippen LogP contribution in [0.1, 0.15) is 26.2 Å². The Kier molecular flexibility index (Phi) is 6.72. The number of hydrogen-bond donors (Lipinski definition) is 1. The summed E-state index contributed by atoms with van der Waals surface area (Å²) in [5, 5.41) is 11.3. The van der Waals surface area contributed by atoms with Crippen molar-refractivity contribution < 1.29 is 13.2 Å². The molecule has 0 aliphatic carbocycles. The fourth-order valence-electron chi connectivity index (χ4n) is 2.22. The molecule has 1 fully saturated rings. The van der Waals surface area contributed by atoms with E-state index >= 15 is 0 Å². The Labute approximate surface area is 115 Å². The van der Waals surface area contributed by atoms with Crippen LogP contribution in [0.4, 0.5) is 0 Å². The number of nitrogens with zero attached hydrogens (tertiary/aromatic N) is 2. The maximum atomic E-state index is 12.4. The summed E-state index contributed by atoms with van der Waals surface area (Å²) in [6, 6.07) is 2.07. The number of methoxy groups -OCH3 is 1. The summed E-state index contributed by atoms with van der Waals surface area (Å²) in [5.74, 6) is 0. The van der Waals surface area contributed by atoms with Crippen LogP contribution in [0, 0.1) is 11.3 Å². The van der Waals surface area contributed by atoms with E-state index in [-0.39, 0.29) is 6.04 Å². The molecular weight excluding hydrogens is 266 g/mol. The Morgan fingerprint density at radius 2 is 2.32 bits per heavy atom. The van der Waals surface area contributed by atoms with Crippen molar-refractivity contribution in [3.63, 3.8) is 0 Å². The van der Waals surface area contributed by atoms with Crippen molar-refractivity contribution >= 4 is 10.0 Å². The third-order valence-electron chi connectivity index (χ3n) is 3.37. The van der Waals surface area contributed by atoms with Gasteiger partial charge in [-0.2, -0.15) is 9.57 Å². The minimum Gasteiger partial charge on any atom is -0.383 e. The molecule has 2 atom stereocenters. The second-order valence-corrected chi connectivity index (χ2v) is 6.83. The zero-order valence-corrected chi connectivity index (χ0v) is 12.4. The van der Waals surface area contributed by atoms with Crippen molar-refractivity contribution in [2.24, 2.45) is 0 Å². The topological polar surface area (TPSA) is 82.4 Å². The highest BCUT2D eigenvalue weighted by atomic mass is 32.2. The van der Waals surface area contributed by atoms with Gasteiger partial charge in [0.05, 0.1) is 12.7 Å². The van der Waals surface area contributed by atoms with Gasteiger partial charge >= 0.3 is 0 Å². The minimum absolute atomic E-state index is 0.183. The van der Waals surface area contributed by atoms with Gasteiger partial charge in [0.15, 0.2) is 5.25 Å². The summed E-state index contributed by atoms with van der Waals surface area (Å²) >= 11 is 0. The molecule has 0 spiro atoms. The van der Waals surface area contributed by atoms with Gasteiger partial charge in [0.1, 0.15) is 0 Å². The van der Waals surface area contributed by atoms with Crippen LogP contribution >= 0.6 is 0 Å². The van der Waals surface area contributed by atoms with E-state index in [1.165, 1.54) is 4.31 Å². The lowest BCUT2D eigenvalue weighted by atomic mass is 10.2. The average Bonchev–Trinajstić information content (AvgIpc) is 2.88. The predicted octanol–water partition coefficient (Wildman–Crippen LogP) is 0.319. The van der Waals surface area contributed by atoms with E-state index in [1.807, 2.05) is 6.07 Å². The summed E-state index contributed by atoms with van der Waals surface area (Å²) in [6.07, 6.45) is 2.35. The molecule has 1 heterocycles. The van der Waals surface area contributed by atoms with Crippen LogP contribution in [0.2, 0.25) is 0 Å². The fraction of sp³-hybridized carbons (Fsp3) is 0.917. The molecule has 6 nitrogen and oxygen atoms in total. The predicted molar refractivity (Wildman–Crippen MR) is 73.1 cm³/mol. The highest BCUT2D eigenvalue weighted by molar-refractivity contribution is 7.90. The minimum atomic E-state index is -3.57. The van der Waals surface area contributed by atoms with E-state index < -0.39 is 15.3 Å². The van der Waals surface area contributed by atoms with E-state index in [9.17, 15) is 8.42 Å². The van der Waals surface area contributed by atoms with E-state index in [1.54, 1.807) is 14.0 Å². The van der Waals surface area contributed by atoms with Crippen molar-refractivity contribution in [1.82, 2.24) is 9.62 Å². The number of sulfonamides is 1. The lowest BCUT2D eigenvalue weighted by Gasteiger charge is -2.26. The SMILES string of the molecule is CCC(C#N)S(=O)(=O)N(CCOC)CC1CCCN1. The van der Waals surface area contributed by atoms with Crippen molar-refractivity contribution in [3.05, 3.63) is 0 Å². The summed E-state index contributed by atoms with van der Waals surface area (Å²) in [5.41, 5.74) is 0. The molecule has 0 saturated carbocycles. The first-order valence-corrected chi connectivity index (χ1v) is 8.17. The van der Waals surface area contributed by atoms with Crippen LogP contribution in [-0.2, 0) is 14.8 Å². The van der Waals surface area contributed by atoms with E-state index in [4.69, 9.17) is 10.00 Å². The zero-order chi connectivity index (χ0) is 14.3. The summed E-state index contributed by atoms with van der Waals surface area (Å²) < 4.78 is 31.2. The van der Waals surface area contributed by atoms with E-state index in [2.05, 4.69) is 5.32 Å². The summed E-state index contributed by atoms with van der Waals surface area (Å²) in [6.45, 7) is 3.71. The Hall–Kier alpha value is -0.680. The van der Waals surface area contributed by atoms with Crippen LogP contribution in [0.15, 0.2) is 0 Å². The van der Waals surface area contributed by atoms with Gasteiger partial charge in [0.25, 0.3) is 0 Å². The lowest BCUT2D eigenvalue weighted by Crippen LogP contribution is -2.46. The number of rotatable bonds is 8. The number of ether oxygens (including phenoxy) is 1. The zero-order valence-electron chi connectivity index (χ0n) is 11.6. The second kappa shape index (κ2) is 7.80. The molecular formula is C12H23N3O3S. The van der Waals surface area contributed by atoms with Gasteiger partial charge in [-0.15, -0.1) is 0 Å². The van der Waals surface area contributed by atoms with E-state index in [0.717, 1.165) is 19.4 Å². The molecule has 2 unspecified atom stereocenters. The molecule has 0 aromatic carbocycles. The first-order valence-electron chi connectivity index (χ1n) is 6.67. The van der Waals surface area contributed by atoms with Crippen LogP contribution < -0.4 is 5.32 Å². The van der Waals surface area contributed by atoms with Gasteiger partial charge < -0.3 is 10.1 Å². The molecule has 110 valence electrons. The van der Waals surface area contributed by atoms with Gasteiger partial charge in [0.2, 0.25) is 10.0 Å². The molecule has 0 aromatic heterocycles. The van der Waals surface area contributed by atoms with Crippen LogP contribution in [0.25, 0.3) is 0 Å². The monoisotopic (exact) mass is 289 g/mol. The largest absolute Gasteiger partial charge is 0.383 e. The Morgan fingerprint density at radius 1 is 1.58 bits per heavy atom. The van der Waals surface area contributed by atoms with Crippen LogP contribution in [0.5, 0.6) is 0 Å². The van der Waals surface area contributed by atoms with Crippen molar-refractivity contribution in [3.8, 4) is 6.07 Å². The number of hydrogen-bond acceptors (Lipinski definition) is 5. The van der Waals surface area contributed by atoms with Gasteiger partial charge in [0, 0.05) is 26.2 Å². The smallest absolute Gasteiger partial charge is 0.230 e. The third-order valence-corrected chi connectivity index (χ3v) is 5.57.